The highest BCUT2D eigenvalue weighted by molar-refractivity contribution is 8.00. The Balaban J connectivity index is 2.05. The summed E-state index contributed by atoms with van der Waals surface area (Å²) in [5.74, 6) is -1.67. The fourth-order valence-electron chi connectivity index (χ4n) is 3.74. The van der Waals surface area contributed by atoms with Gasteiger partial charge < -0.3 is 9.47 Å². The maximum atomic E-state index is 13.4. The third-order valence-electron chi connectivity index (χ3n) is 5.02. The van der Waals surface area contributed by atoms with Crippen molar-refractivity contribution in [3.05, 3.63) is 54.6 Å². The molecule has 25 heavy (non-hydrogen) atoms. The van der Waals surface area contributed by atoms with Crippen molar-refractivity contribution >= 4 is 23.3 Å². The molecule has 4 rings (SSSR count). The molecule has 3 unspecified atom stereocenters. The van der Waals surface area contributed by atoms with E-state index in [0.29, 0.717) is 0 Å². The van der Waals surface area contributed by atoms with Gasteiger partial charge in [0.05, 0.1) is 5.41 Å². The zero-order chi connectivity index (χ0) is 18.1. The van der Waals surface area contributed by atoms with Crippen LogP contribution in [0.15, 0.2) is 59.5 Å². The molecule has 3 aliphatic carbocycles. The molecule has 0 saturated heterocycles. The van der Waals surface area contributed by atoms with Crippen molar-refractivity contribution in [2.24, 2.45) is 11.3 Å². The quantitative estimate of drug-likeness (QED) is 0.443. The minimum Gasteiger partial charge on any atom is -0.346 e. The van der Waals surface area contributed by atoms with Crippen LogP contribution in [0.3, 0.4) is 0 Å². The standard InChI is InChI=1S/C20H22O4S/c1-14(21)9-11-19-12-10-15(20(23-2,24-3)18(19)22)13-17(19)25-16-7-5-4-6-8-16/h4-12,15,17H,13H2,1-3H3/b11-9+. The monoisotopic (exact) mass is 358 g/mol. The van der Waals surface area contributed by atoms with E-state index in [2.05, 4.69) is 0 Å². The molecule has 0 aliphatic heterocycles. The summed E-state index contributed by atoms with van der Waals surface area (Å²) in [6.07, 6.45) is 7.83. The second-order valence-electron chi connectivity index (χ2n) is 6.40. The van der Waals surface area contributed by atoms with E-state index in [-0.39, 0.29) is 22.7 Å². The molecule has 0 aromatic heterocycles. The molecule has 3 atom stereocenters. The first kappa shape index (κ1) is 18.1. The lowest BCUT2D eigenvalue weighted by atomic mass is 9.60. The second-order valence-corrected chi connectivity index (χ2v) is 7.68. The van der Waals surface area contributed by atoms with Gasteiger partial charge in [0.2, 0.25) is 11.6 Å². The van der Waals surface area contributed by atoms with E-state index in [0.717, 1.165) is 11.3 Å². The van der Waals surface area contributed by atoms with Crippen molar-refractivity contribution in [1.29, 1.82) is 0 Å². The summed E-state index contributed by atoms with van der Waals surface area (Å²) in [5, 5.41) is -0.0218. The number of rotatable bonds is 6. The predicted molar refractivity (Wildman–Crippen MR) is 97.3 cm³/mol. The fourth-order valence-corrected chi connectivity index (χ4v) is 5.14. The van der Waals surface area contributed by atoms with Gasteiger partial charge in [-0.2, -0.15) is 0 Å². The van der Waals surface area contributed by atoms with E-state index < -0.39 is 11.2 Å². The van der Waals surface area contributed by atoms with Crippen LogP contribution in [-0.2, 0) is 19.1 Å². The normalized spacial score (nSPS) is 30.1. The fraction of sp³-hybridized carbons (Fsp3) is 0.400. The van der Waals surface area contributed by atoms with Crippen LogP contribution in [0.25, 0.3) is 0 Å². The maximum absolute atomic E-state index is 13.4. The third kappa shape index (κ3) is 2.90. The first-order valence-electron chi connectivity index (χ1n) is 8.24. The first-order chi connectivity index (χ1) is 12.0. The van der Waals surface area contributed by atoms with Gasteiger partial charge in [-0.1, -0.05) is 36.4 Å². The van der Waals surface area contributed by atoms with Crippen LogP contribution >= 0.6 is 11.8 Å². The molecule has 132 valence electrons. The Morgan fingerprint density at radius 3 is 2.52 bits per heavy atom. The molecule has 0 heterocycles. The number of ether oxygens (including phenoxy) is 2. The summed E-state index contributed by atoms with van der Waals surface area (Å²) in [5.41, 5.74) is -0.924. The summed E-state index contributed by atoms with van der Waals surface area (Å²) < 4.78 is 11.1. The van der Waals surface area contributed by atoms with Gasteiger partial charge in [0.1, 0.15) is 0 Å². The van der Waals surface area contributed by atoms with Crippen LogP contribution in [0.4, 0.5) is 0 Å². The van der Waals surface area contributed by atoms with E-state index in [9.17, 15) is 9.59 Å². The molecular weight excluding hydrogens is 336 g/mol. The second kappa shape index (κ2) is 6.90. The number of carbonyl (C=O) groups excluding carboxylic acids is 2. The average molecular weight is 358 g/mol. The van der Waals surface area contributed by atoms with Gasteiger partial charge in [0, 0.05) is 30.3 Å². The summed E-state index contributed by atoms with van der Waals surface area (Å²) in [6, 6.07) is 9.99. The Morgan fingerprint density at radius 1 is 1.24 bits per heavy atom. The van der Waals surface area contributed by atoms with Crippen molar-refractivity contribution in [3.63, 3.8) is 0 Å². The zero-order valence-electron chi connectivity index (χ0n) is 14.6. The van der Waals surface area contributed by atoms with Crippen LogP contribution in [0, 0.1) is 11.3 Å². The molecule has 0 spiro atoms. The molecule has 0 radical (unpaired) electrons. The van der Waals surface area contributed by atoms with E-state index in [1.807, 2.05) is 42.5 Å². The van der Waals surface area contributed by atoms with E-state index in [4.69, 9.17) is 9.47 Å². The molecular formula is C20H22O4S. The van der Waals surface area contributed by atoms with Crippen molar-refractivity contribution in [3.8, 4) is 0 Å². The molecule has 5 heteroatoms. The number of Topliss-reactive ketones (excluding diaryl/α,β-unsaturated/α-hetero) is 1. The zero-order valence-corrected chi connectivity index (χ0v) is 15.4. The van der Waals surface area contributed by atoms with E-state index in [1.165, 1.54) is 27.2 Å². The lowest BCUT2D eigenvalue weighted by Crippen LogP contribution is -2.64. The van der Waals surface area contributed by atoms with Gasteiger partial charge in [-0.15, -0.1) is 11.8 Å². The number of allylic oxidation sites excluding steroid dienone is 3. The SMILES string of the molecule is COC1(OC)C(=O)C2(/C=C/C(C)=O)C=CC1CC2Sc1ccccc1. The maximum Gasteiger partial charge on any atom is 0.236 e. The smallest absolute Gasteiger partial charge is 0.236 e. The number of hydrogen-bond acceptors (Lipinski definition) is 5. The van der Waals surface area contributed by atoms with Gasteiger partial charge >= 0.3 is 0 Å². The third-order valence-corrected chi connectivity index (χ3v) is 6.44. The molecule has 1 aromatic rings. The molecule has 1 aromatic carbocycles. The van der Waals surface area contributed by atoms with Gasteiger partial charge in [0.15, 0.2) is 5.78 Å². The first-order valence-corrected chi connectivity index (χ1v) is 9.12. The van der Waals surface area contributed by atoms with Crippen molar-refractivity contribution in [2.45, 2.75) is 29.3 Å². The van der Waals surface area contributed by atoms with E-state index >= 15 is 0 Å². The Hall–Kier alpha value is -1.69. The molecule has 0 amide bonds. The topological polar surface area (TPSA) is 52.6 Å². The Morgan fingerprint density at radius 2 is 1.92 bits per heavy atom. The summed E-state index contributed by atoms with van der Waals surface area (Å²) in [4.78, 5) is 26.1. The minimum absolute atomic E-state index is 0.0218. The molecule has 0 N–H and O–H groups in total. The summed E-state index contributed by atoms with van der Waals surface area (Å²) in [7, 11) is 3.00. The summed E-state index contributed by atoms with van der Waals surface area (Å²) >= 11 is 1.66. The number of ketones is 2. The lowest BCUT2D eigenvalue weighted by molar-refractivity contribution is -0.238. The van der Waals surface area contributed by atoms with Gasteiger partial charge in [0.25, 0.3) is 0 Å². The number of thioether (sulfide) groups is 1. The van der Waals surface area contributed by atoms with Crippen LogP contribution in [0.5, 0.6) is 0 Å². The largest absolute Gasteiger partial charge is 0.346 e. The van der Waals surface area contributed by atoms with Crippen LogP contribution in [-0.4, -0.2) is 36.8 Å². The molecule has 4 nitrogen and oxygen atoms in total. The number of fused-ring (bicyclic) bond motifs is 2. The molecule has 3 aliphatic rings. The van der Waals surface area contributed by atoms with E-state index in [1.54, 1.807) is 17.8 Å². The number of carbonyl (C=O) groups is 2. The number of hydrogen-bond donors (Lipinski definition) is 0. The van der Waals surface area contributed by atoms with Gasteiger partial charge in [-0.25, -0.2) is 0 Å². The summed E-state index contributed by atoms with van der Waals surface area (Å²) in [6.45, 7) is 1.48. The lowest BCUT2D eigenvalue weighted by Gasteiger charge is -2.53. The predicted octanol–water partition coefficient (Wildman–Crippen LogP) is 3.43. The van der Waals surface area contributed by atoms with Crippen LogP contribution in [0.2, 0.25) is 0 Å². The van der Waals surface area contributed by atoms with Gasteiger partial charge in [-0.05, 0) is 31.6 Å². The number of methoxy groups -OCH3 is 2. The van der Waals surface area contributed by atoms with Crippen molar-refractivity contribution in [2.75, 3.05) is 14.2 Å². The molecule has 1 saturated carbocycles. The van der Waals surface area contributed by atoms with Crippen molar-refractivity contribution < 1.29 is 19.1 Å². The highest BCUT2D eigenvalue weighted by Gasteiger charge is 2.63. The van der Waals surface area contributed by atoms with Crippen molar-refractivity contribution in [1.82, 2.24) is 0 Å². The van der Waals surface area contributed by atoms with Crippen LogP contribution < -0.4 is 0 Å². The molecule has 1 fully saturated rings. The average Bonchev–Trinajstić information content (AvgIpc) is 2.63. The van der Waals surface area contributed by atoms with Gasteiger partial charge in [-0.3, -0.25) is 9.59 Å². The minimum atomic E-state index is -1.29. The van der Waals surface area contributed by atoms with Crippen LogP contribution in [0.1, 0.15) is 13.3 Å². The Bertz CT molecular complexity index is 720. The number of benzene rings is 1. The highest BCUT2D eigenvalue weighted by Crippen LogP contribution is 2.55. The Kier molecular flexibility index (Phi) is 5.00. The Labute approximate surface area is 152 Å². The molecule has 2 bridgehead atoms. The highest BCUT2D eigenvalue weighted by atomic mass is 32.2.